The molecule has 1 aliphatic rings. The van der Waals surface area contributed by atoms with E-state index in [9.17, 15) is 9.90 Å². The quantitative estimate of drug-likeness (QED) is 0.892. The van der Waals surface area contributed by atoms with Crippen LogP contribution in [0.2, 0.25) is 0 Å². The third-order valence-corrected chi connectivity index (χ3v) is 4.02. The van der Waals surface area contributed by atoms with E-state index < -0.39 is 6.10 Å². The van der Waals surface area contributed by atoms with Crippen LogP contribution in [0.4, 0.5) is 10.5 Å². The van der Waals surface area contributed by atoms with E-state index >= 15 is 0 Å². The lowest BCUT2D eigenvalue weighted by molar-refractivity contribution is 0.1000. The van der Waals surface area contributed by atoms with Gasteiger partial charge < -0.3 is 20.1 Å². The second-order valence-electron chi connectivity index (χ2n) is 5.43. The molecule has 2 atom stereocenters. The molecule has 1 aromatic carbocycles. The maximum Gasteiger partial charge on any atom is 0.322 e. The molecule has 3 rings (SSSR count). The third kappa shape index (κ3) is 2.65. The summed E-state index contributed by atoms with van der Waals surface area (Å²) in [5.41, 5.74) is 1.71. The number of amides is 2. The molecule has 0 bridgehead atoms. The molecule has 7 nitrogen and oxygen atoms in total. The zero-order chi connectivity index (χ0) is 15.7. The molecule has 118 valence electrons. The summed E-state index contributed by atoms with van der Waals surface area (Å²) in [6.45, 7) is 3.03. The Balaban J connectivity index is 1.76. The largest absolute Gasteiger partial charge is 0.388 e. The average molecular weight is 304 g/mol. The first-order valence-corrected chi connectivity index (χ1v) is 7.35. The summed E-state index contributed by atoms with van der Waals surface area (Å²) in [5, 5.41) is 17.9. The Morgan fingerprint density at radius 1 is 1.55 bits per heavy atom. The number of anilines is 1. The van der Waals surface area contributed by atoms with Gasteiger partial charge in [0.1, 0.15) is 0 Å². The molecule has 22 heavy (non-hydrogen) atoms. The number of rotatable bonds is 3. The van der Waals surface area contributed by atoms with Crippen molar-refractivity contribution >= 4 is 22.6 Å². The van der Waals surface area contributed by atoms with Crippen LogP contribution in [-0.4, -0.2) is 57.7 Å². The molecule has 2 heterocycles. The molecule has 0 aliphatic carbocycles. The Morgan fingerprint density at radius 3 is 3.05 bits per heavy atom. The van der Waals surface area contributed by atoms with Gasteiger partial charge in [0.2, 0.25) is 0 Å². The van der Waals surface area contributed by atoms with Gasteiger partial charge in [-0.1, -0.05) is 0 Å². The number of benzene rings is 1. The molecule has 1 fully saturated rings. The normalized spacial score (nSPS) is 21.2. The summed E-state index contributed by atoms with van der Waals surface area (Å²) >= 11 is 0. The molecule has 0 saturated carbocycles. The molecule has 2 aromatic rings. The van der Waals surface area contributed by atoms with Crippen molar-refractivity contribution in [1.29, 1.82) is 0 Å². The number of hydrogen-bond acceptors (Lipinski definition) is 4. The maximum atomic E-state index is 12.4. The van der Waals surface area contributed by atoms with Gasteiger partial charge in [-0.15, -0.1) is 0 Å². The molecule has 0 spiro atoms. The smallest absolute Gasteiger partial charge is 0.322 e. The number of urea groups is 1. The number of carbonyl (C=O) groups is 1. The highest BCUT2D eigenvalue weighted by atomic mass is 16.5. The van der Waals surface area contributed by atoms with E-state index in [1.54, 1.807) is 15.8 Å². The lowest BCUT2D eigenvalue weighted by Crippen LogP contribution is -2.48. The topological polar surface area (TPSA) is 79.6 Å². The highest BCUT2D eigenvalue weighted by Gasteiger charge is 2.33. The molecule has 1 aliphatic heterocycles. The van der Waals surface area contributed by atoms with Gasteiger partial charge in [-0.05, 0) is 25.1 Å². The van der Waals surface area contributed by atoms with Crippen LogP contribution in [0.3, 0.4) is 0 Å². The van der Waals surface area contributed by atoms with Crippen LogP contribution in [0, 0.1) is 0 Å². The van der Waals surface area contributed by atoms with Gasteiger partial charge in [0.05, 0.1) is 37.1 Å². The Bertz CT molecular complexity index is 684. The van der Waals surface area contributed by atoms with E-state index in [2.05, 4.69) is 10.4 Å². The Morgan fingerprint density at radius 2 is 2.36 bits per heavy atom. The number of aliphatic hydroxyl groups excluding tert-OH is 1. The van der Waals surface area contributed by atoms with Gasteiger partial charge in [-0.3, -0.25) is 4.68 Å². The fourth-order valence-electron chi connectivity index (χ4n) is 2.79. The first-order valence-electron chi connectivity index (χ1n) is 7.35. The molecule has 7 heteroatoms. The summed E-state index contributed by atoms with van der Waals surface area (Å²) in [6, 6.07) is 5.11. The van der Waals surface area contributed by atoms with Gasteiger partial charge in [0.15, 0.2) is 0 Å². The van der Waals surface area contributed by atoms with Crippen molar-refractivity contribution in [2.24, 2.45) is 7.05 Å². The minimum Gasteiger partial charge on any atom is -0.388 e. The summed E-state index contributed by atoms with van der Waals surface area (Å²) in [6.07, 6.45) is 1.13. The predicted molar refractivity (Wildman–Crippen MR) is 82.7 cm³/mol. The minimum absolute atomic E-state index is 0.236. The van der Waals surface area contributed by atoms with Crippen LogP contribution in [0.15, 0.2) is 24.4 Å². The molecule has 0 unspecified atom stereocenters. The van der Waals surface area contributed by atoms with Gasteiger partial charge in [-0.2, -0.15) is 5.10 Å². The second kappa shape index (κ2) is 5.94. The van der Waals surface area contributed by atoms with Gasteiger partial charge in [0, 0.05) is 24.7 Å². The molecular formula is C15H20N4O3. The van der Waals surface area contributed by atoms with Crippen LogP contribution in [0.1, 0.15) is 6.92 Å². The summed E-state index contributed by atoms with van der Waals surface area (Å²) in [5.74, 6) is 0. The number of aromatic nitrogens is 2. The monoisotopic (exact) mass is 304 g/mol. The molecule has 2 amide bonds. The van der Waals surface area contributed by atoms with Crippen molar-refractivity contribution in [2.75, 3.05) is 25.1 Å². The van der Waals surface area contributed by atoms with E-state index in [0.29, 0.717) is 18.8 Å². The number of nitrogens with one attached hydrogen (secondary N) is 1. The number of likely N-dealkylation sites (N-methyl/N-ethyl adjacent to an activating group) is 1. The predicted octanol–water partition coefficient (Wildman–Crippen LogP) is 1.19. The Hall–Kier alpha value is -2.12. The number of aliphatic hydroxyl groups is 1. The standard InChI is InChI=1S/C15H20N4O3/c1-3-19(13-8-22-9-14(13)20)15(21)17-11-4-5-12-10(6-11)7-16-18(12)2/h4-7,13-14,20H,3,8-9H2,1-2H3,(H,17,21)/t13-,14-/m1/s1. The van der Waals surface area contributed by atoms with E-state index in [0.717, 1.165) is 10.9 Å². The molecular weight excluding hydrogens is 284 g/mol. The van der Waals surface area contributed by atoms with E-state index in [4.69, 9.17) is 4.74 Å². The molecule has 2 N–H and O–H groups in total. The van der Waals surface area contributed by atoms with Crippen molar-refractivity contribution in [3.05, 3.63) is 24.4 Å². The van der Waals surface area contributed by atoms with Gasteiger partial charge in [0.25, 0.3) is 0 Å². The minimum atomic E-state index is -0.633. The number of hydrogen-bond donors (Lipinski definition) is 2. The Kier molecular flexibility index (Phi) is 4.00. The van der Waals surface area contributed by atoms with E-state index in [1.165, 1.54) is 0 Å². The SMILES string of the molecule is CCN(C(=O)Nc1ccc2c(cnn2C)c1)[C@@H]1COC[C@H]1O. The first kappa shape index (κ1) is 14.8. The molecule has 1 aromatic heterocycles. The number of ether oxygens (including phenoxy) is 1. The summed E-state index contributed by atoms with van der Waals surface area (Å²) in [4.78, 5) is 14.0. The summed E-state index contributed by atoms with van der Waals surface area (Å²) in [7, 11) is 1.88. The lowest BCUT2D eigenvalue weighted by Gasteiger charge is -2.28. The van der Waals surface area contributed by atoms with Crippen LogP contribution in [0.5, 0.6) is 0 Å². The zero-order valence-electron chi connectivity index (χ0n) is 12.7. The van der Waals surface area contributed by atoms with Crippen LogP contribution in [0.25, 0.3) is 10.9 Å². The highest BCUT2D eigenvalue weighted by Crippen LogP contribution is 2.20. The second-order valence-corrected chi connectivity index (χ2v) is 5.43. The van der Waals surface area contributed by atoms with Crippen molar-refractivity contribution < 1.29 is 14.6 Å². The average Bonchev–Trinajstić information content (AvgIpc) is 3.07. The van der Waals surface area contributed by atoms with Crippen molar-refractivity contribution in [1.82, 2.24) is 14.7 Å². The van der Waals surface area contributed by atoms with Crippen molar-refractivity contribution in [3.63, 3.8) is 0 Å². The fourth-order valence-corrected chi connectivity index (χ4v) is 2.79. The number of nitrogens with zero attached hydrogens (tertiary/aromatic N) is 3. The van der Waals surface area contributed by atoms with Gasteiger partial charge >= 0.3 is 6.03 Å². The number of aryl methyl sites for hydroxylation is 1. The van der Waals surface area contributed by atoms with Crippen molar-refractivity contribution in [3.8, 4) is 0 Å². The van der Waals surface area contributed by atoms with Crippen LogP contribution < -0.4 is 5.32 Å². The highest BCUT2D eigenvalue weighted by molar-refractivity contribution is 5.92. The lowest BCUT2D eigenvalue weighted by atomic mass is 10.2. The van der Waals surface area contributed by atoms with E-state index in [1.807, 2.05) is 32.2 Å². The third-order valence-electron chi connectivity index (χ3n) is 4.02. The van der Waals surface area contributed by atoms with Crippen molar-refractivity contribution in [2.45, 2.75) is 19.1 Å². The van der Waals surface area contributed by atoms with Crippen LogP contribution in [-0.2, 0) is 11.8 Å². The maximum absolute atomic E-state index is 12.4. The van der Waals surface area contributed by atoms with Crippen LogP contribution >= 0.6 is 0 Å². The number of carbonyl (C=O) groups excluding carboxylic acids is 1. The zero-order valence-corrected chi connectivity index (χ0v) is 12.7. The Labute approximate surface area is 128 Å². The van der Waals surface area contributed by atoms with E-state index in [-0.39, 0.29) is 18.7 Å². The molecule has 0 radical (unpaired) electrons. The fraction of sp³-hybridized carbons (Fsp3) is 0.467. The van der Waals surface area contributed by atoms with Gasteiger partial charge in [-0.25, -0.2) is 4.79 Å². The molecule has 1 saturated heterocycles. The number of fused-ring (bicyclic) bond motifs is 1. The first-order chi connectivity index (χ1) is 10.6. The summed E-state index contributed by atoms with van der Waals surface area (Å²) < 4.78 is 7.01.